The minimum atomic E-state index is -4.05. The summed E-state index contributed by atoms with van der Waals surface area (Å²) in [5.74, 6) is -0.0447. The molecule has 0 aliphatic heterocycles. The number of hydrogen-bond donors (Lipinski definition) is 2. The largest absolute Gasteiger partial charge is 0.497 e. The van der Waals surface area contributed by atoms with Gasteiger partial charge in [-0.25, -0.2) is 13.2 Å². The highest BCUT2D eigenvalue weighted by Crippen LogP contribution is 2.36. The van der Waals surface area contributed by atoms with Crippen LogP contribution in [0.4, 0.5) is 5.69 Å². The molecule has 9 nitrogen and oxygen atoms in total. The third-order valence-corrected chi connectivity index (χ3v) is 6.80. The fourth-order valence-electron chi connectivity index (χ4n) is 3.48. The van der Waals surface area contributed by atoms with Gasteiger partial charge in [-0.1, -0.05) is 0 Å². The molecule has 176 valence electrons. The van der Waals surface area contributed by atoms with E-state index in [-0.39, 0.29) is 54.0 Å². The van der Waals surface area contributed by atoms with Crippen molar-refractivity contribution in [3.63, 3.8) is 0 Å². The third kappa shape index (κ3) is 5.08. The number of carbonyl (C=O) groups is 1. The van der Waals surface area contributed by atoms with Crippen molar-refractivity contribution in [2.75, 3.05) is 44.9 Å². The fourth-order valence-corrected chi connectivity index (χ4v) is 4.92. The molecule has 0 amide bonds. The SMILES string of the molecule is CCOC(=O)c1ccc2ncc(S(=O)(=O)c3ccc(OC)cc3)c(N(CCO)CCO)c2c1. The van der Waals surface area contributed by atoms with Crippen molar-refractivity contribution in [2.45, 2.75) is 16.7 Å². The summed E-state index contributed by atoms with van der Waals surface area (Å²) in [6.07, 6.45) is 1.25. The summed E-state index contributed by atoms with van der Waals surface area (Å²) >= 11 is 0. The zero-order valence-corrected chi connectivity index (χ0v) is 19.2. The number of anilines is 1. The third-order valence-electron chi connectivity index (χ3n) is 5.03. The first-order chi connectivity index (χ1) is 15.9. The number of methoxy groups -OCH3 is 1. The monoisotopic (exact) mass is 474 g/mol. The predicted octanol–water partition coefficient (Wildman–Crippen LogP) is 2.04. The number of hydrogen-bond acceptors (Lipinski definition) is 9. The van der Waals surface area contributed by atoms with Crippen molar-refractivity contribution in [1.82, 2.24) is 4.98 Å². The van der Waals surface area contributed by atoms with Crippen molar-refractivity contribution < 1.29 is 32.9 Å². The number of pyridine rings is 1. The van der Waals surface area contributed by atoms with Crippen LogP contribution in [0.25, 0.3) is 10.9 Å². The summed E-state index contributed by atoms with van der Waals surface area (Å²) in [7, 11) is -2.57. The molecule has 0 radical (unpaired) electrons. The van der Waals surface area contributed by atoms with Gasteiger partial charge in [0.25, 0.3) is 0 Å². The summed E-state index contributed by atoms with van der Waals surface area (Å²) in [6.45, 7) is 1.46. The van der Waals surface area contributed by atoms with E-state index >= 15 is 0 Å². The van der Waals surface area contributed by atoms with Crippen molar-refractivity contribution in [3.8, 4) is 5.75 Å². The highest BCUT2D eigenvalue weighted by Gasteiger charge is 2.27. The van der Waals surface area contributed by atoms with E-state index in [2.05, 4.69) is 4.98 Å². The van der Waals surface area contributed by atoms with Crippen LogP contribution >= 0.6 is 0 Å². The molecule has 0 aliphatic rings. The van der Waals surface area contributed by atoms with E-state index in [9.17, 15) is 23.4 Å². The van der Waals surface area contributed by atoms with Gasteiger partial charge in [0, 0.05) is 24.7 Å². The van der Waals surface area contributed by atoms with Gasteiger partial charge in [-0.3, -0.25) is 4.98 Å². The Kier molecular flexibility index (Phi) is 7.85. The van der Waals surface area contributed by atoms with Crippen LogP contribution in [0.5, 0.6) is 5.75 Å². The van der Waals surface area contributed by atoms with Gasteiger partial charge in [0.2, 0.25) is 9.84 Å². The van der Waals surface area contributed by atoms with Gasteiger partial charge >= 0.3 is 5.97 Å². The van der Waals surface area contributed by atoms with Crippen molar-refractivity contribution >= 4 is 32.4 Å². The Balaban J connectivity index is 2.30. The maximum atomic E-state index is 13.6. The molecule has 0 fully saturated rings. The van der Waals surface area contributed by atoms with Gasteiger partial charge in [0.15, 0.2) is 0 Å². The number of aliphatic hydroxyl groups excluding tert-OH is 2. The minimum absolute atomic E-state index is 0.0280. The smallest absolute Gasteiger partial charge is 0.338 e. The number of benzene rings is 2. The number of nitrogens with zero attached hydrogens (tertiary/aromatic N) is 2. The molecular weight excluding hydrogens is 448 g/mol. The second kappa shape index (κ2) is 10.6. The molecule has 0 spiro atoms. The Hall–Kier alpha value is -3.21. The highest BCUT2D eigenvalue weighted by atomic mass is 32.2. The molecule has 0 saturated heterocycles. The van der Waals surface area contributed by atoms with Gasteiger partial charge in [0.05, 0.1) is 48.6 Å². The van der Waals surface area contributed by atoms with E-state index in [0.717, 1.165) is 0 Å². The molecule has 33 heavy (non-hydrogen) atoms. The molecular formula is C23H26N2O7S. The molecule has 1 heterocycles. The molecule has 3 aromatic rings. The average Bonchev–Trinajstić information content (AvgIpc) is 2.83. The number of rotatable bonds is 10. The van der Waals surface area contributed by atoms with Crippen LogP contribution in [0.1, 0.15) is 17.3 Å². The van der Waals surface area contributed by atoms with Crippen LogP contribution in [0, 0.1) is 0 Å². The summed E-state index contributed by atoms with van der Waals surface area (Å²) < 4.78 is 37.4. The molecule has 0 bridgehead atoms. The molecule has 2 N–H and O–H groups in total. The van der Waals surface area contributed by atoms with E-state index in [0.29, 0.717) is 16.7 Å². The fraction of sp³-hybridized carbons (Fsp3) is 0.304. The summed E-state index contributed by atoms with van der Waals surface area (Å²) in [4.78, 5) is 18.1. The number of aromatic nitrogens is 1. The number of esters is 1. The summed E-state index contributed by atoms with van der Waals surface area (Å²) in [5.41, 5.74) is 0.928. The Morgan fingerprint density at radius 1 is 1.06 bits per heavy atom. The molecule has 0 unspecified atom stereocenters. The lowest BCUT2D eigenvalue weighted by Gasteiger charge is -2.27. The lowest BCUT2D eigenvalue weighted by atomic mass is 10.1. The number of fused-ring (bicyclic) bond motifs is 1. The number of ether oxygens (including phenoxy) is 2. The zero-order chi connectivity index (χ0) is 24.0. The van der Waals surface area contributed by atoms with E-state index in [4.69, 9.17) is 9.47 Å². The second-order valence-electron chi connectivity index (χ2n) is 7.04. The molecule has 0 aliphatic carbocycles. The Labute approximate surface area is 192 Å². The van der Waals surface area contributed by atoms with Gasteiger partial charge in [0.1, 0.15) is 10.6 Å². The first-order valence-electron chi connectivity index (χ1n) is 10.3. The summed E-state index contributed by atoms with van der Waals surface area (Å²) in [5, 5.41) is 19.6. The first-order valence-corrected chi connectivity index (χ1v) is 11.8. The Bertz CT molecular complexity index is 1220. The predicted molar refractivity (Wildman–Crippen MR) is 123 cm³/mol. The lowest BCUT2D eigenvalue weighted by Crippen LogP contribution is -2.31. The highest BCUT2D eigenvalue weighted by molar-refractivity contribution is 7.91. The molecule has 2 aromatic carbocycles. The molecule has 1 aromatic heterocycles. The van der Waals surface area contributed by atoms with Crippen molar-refractivity contribution in [3.05, 3.63) is 54.2 Å². The van der Waals surface area contributed by atoms with Crippen LogP contribution in [0.2, 0.25) is 0 Å². The van der Waals surface area contributed by atoms with Crippen molar-refractivity contribution in [2.24, 2.45) is 0 Å². The maximum Gasteiger partial charge on any atom is 0.338 e. The van der Waals surface area contributed by atoms with E-state index in [1.807, 2.05) is 0 Å². The lowest BCUT2D eigenvalue weighted by molar-refractivity contribution is 0.0526. The van der Waals surface area contributed by atoms with Crippen molar-refractivity contribution in [1.29, 1.82) is 0 Å². The zero-order valence-electron chi connectivity index (χ0n) is 18.4. The first kappa shape index (κ1) is 24.4. The second-order valence-corrected chi connectivity index (χ2v) is 8.95. The normalized spacial score (nSPS) is 11.4. The van der Waals surface area contributed by atoms with Gasteiger partial charge < -0.3 is 24.6 Å². The summed E-state index contributed by atoms with van der Waals surface area (Å²) in [6, 6.07) is 10.6. The van der Waals surface area contributed by atoms with Gasteiger partial charge in [-0.2, -0.15) is 0 Å². The molecule has 3 rings (SSSR count). The molecule has 10 heteroatoms. The standard InChI is InChI=1S/C23H26N2O7S/c1-3-32-23(28)16-4-9-20-19(14-16)22(25(10-12-26)11-13-27)21(15-24-20)33(29,30)18-7-5-17(31-2)6-8-18/h4-9,14-15,26-27H,3,10-13H2,1-2H3. The number of carbonyl (C=O) groups excluding carboxylic acids is 1. The van der Waals surface area contributed by atoms with E-state index < -0.39 is 15.8 Å². The maximum absolute atomic E-state index is 13.6. The Morgan fingerprint density at radius 2 is 1.73 bits per heavy atom. The van der Waals surface area contributed by atoms with Gasteiger partial charge in [-0.05, 0) is 49.4 Å². The number of sulfone groups is 1. The molecule has 0 atom stereocenters. The average molecular weight is 475 g/mol. The quantitative estimate of drug-likeness (QED) is 0.425. The van der Waals surface area contributed by atoms with Crippen LogP contribution in [-0.2, 0) is 14.6 Å². The van der Waals surface area contributed by atoms with Crippen LogP contribution in [0.3, 0.4) is 0 Å². The number of aliphatic hydroxyl groups is 2. The molecule has 0 saturated carbocycles. The van der Waals surface area contributed by atoms with E-state index in [1.54, 1.807) is 36.1 Å². The van der Waals surface area contributed by atoms with Crippen LogP contribution in [0.15, 0.2) is 58.5 Å². The van der Waals surface area contributed by atoms with Gasteiger partial charge in [-0.15, -0.1) is 0 Å². The van der Waals surface area contributed by atoms with E-state index in [1.165, 1.54) is 31.5 Å². The van der Waals surface area contributed by atoms with Crippen LogP contribution in [-0.4, -0.2) is 69.6 Å². The van der Waals surface area contributed by atoms with Crippen LogP contribution < -0.4 is 9.64 Å². The Morgan fingerprint density at radius 3 is 2.30 bits per heavy atom. The minimum Gasteiger partial charge on any atom is -0.497 e. The topological polar surface area (TPSA) is 126 Å².